The molecule has 122 valence electrons. The van der Waals surface area contributed by atoms with E-state index in [9.17, 15) is 14.9 Å². The Morgan fingerprint density at radius 3 is 2.79 bits per heavy atom. The van der Waals surface area contributed by atoms with Gasteiger partial charge in [-0.25, -0.2) is 4.98 Å². The molecular weight excluding hydrogens is 414 g/mol. The van der Waals surface area contributed by atoms with Crippen LogP contribution < -0.4 is 5.32 Å². The Balaban J connectivity index is 1.82. The minimum atomic E-state index is -0.414. The topological polar surface area (TPSA) is 85.1 Å². The molecule has 1 amide bonds. The highest BCUT2D eigenvalue weighted by Crippen LogP contribution is 2.30. The number of halogens is 1. The van der Waals surface area contributed by atoms with Crippen LogP contribution in [0.4, 0.5) is 10.8 Å². The minimum Gasteiger partial charge on any atom is -0.297 e. The number of nitro benzene ring substituents is 1. The molecule has 0 unspecified atom stereocenters. The summed E-state index contributed by atoms with van der Waals surface area (Å²) >= 11 is 5.92. The number of thiophene rings is 1. The standard InChI is InChI=1S/C15H10BrN3O3S2/c1-8-2-3-9(6-11(8)19(21)22)10-7-23-15(17-10)18-14(20)12-4-5-13(16)24-12/h2-7H,1H3,(H,17,18,20). The third-order valence-electron chi connectivity index (χ3n) is 3.22. The van der Waals surface area contributed by atoms with Crippen LogP contribution in [-0.2, 0) is 0 Å². The van der Waals surface area contributed by atoms with Crippen molar-refractivity contribution in [2.45, 2.75) is 6.92 Å². The highest BCUT2D eigenvalue weighted by atomic mass is 79.9. The number of hydrogen-bond donors (Lipinski definition) is 1. The van der Waals surface area contributed by atoms with Gasteiger partial charge in [-0.1, -0.05) is 12.1 Å². The quantitative estimate of drug-likeness (QED) is 0.466. The van der Waals surface area contributed by atoms with Crippen molar-refractivity contribution >= 4 is 55.3 Å². The fraction of sp³-hybridized carbons (Fsp3) is 0.0667. The van der Waals surface area contributed by atoms with E-state index in [-0.39, 0.29) is 11.6 Å². The molecule has 0 aliphatic heterocycles. The summed E-state index contributed by atoms with van der Waals surface area (Å²) in [6.45, 7) is 1.69. The molecule has 0 radical (unpaired) electrons. The zero-order valence-corrected chi connectivity index (χ0v) is 15.5. The Hall–Kier alpha value is -2.10. The van der Waals surface area contributed by atoms with Crippen molar-refractivity contribution in [2.24, 2.45) is 0 Å². The van der Waals surface area contributed by atoms with E-state index in [1.807, 2.05) is 0 Å². The van der Waals surface area contributed by atoms with E-state index >= 15 is 0 Å². The molecular formula is C15H10BrN3O3S2. The van der Waals surface area contributed by atoms with Crippen LogP contribution in [0.15, 0.2) is 39.5 Å². The number of amides is 1. The van der Waals surface area contributed by atoms with Gasteiger partial charge in [0.1, 0.15) is 0 Å². The second-order valence-corrected chi connectivity index (χ2v) is 8.18. The van der Waals surface area contributed by atoms with Gasteiger partial charge < -0.3 is 0 Å². The van der Waals surface area contributed by atoms with Crippen molar-refractivity contribution in [3.8, 4) is 11.3 Å². The summed E-state index contributed by atoms with van der Waals surface area (Å²) in [5, 5.41) is 16.0. The van der Waals surface area contributed by atoms with Gasteiger partial charge in [-0.05, 0) is 35.0 Å². The van der Waals surface area contributed by atoms with Gasteiger partial charge in [0.05, 0.1) is 19.3 Å². The number of benzene rings is 1. The average Bonchev–Trinajstić information content (AvgIpc) is 3.16. The normalized spacial score (nSPS) is 10.6. The van der Waals surface area contributed by atoms with Crippen LogP contribution in [0.1, 0.15) is 15.2 Å². The molecule has 1 aromatic carbocycles. The number of rotatable bonds is 4. The second kappa shape index (κ2) is 6.80. The molecule has 0 aliphatic rings. The maximum Gasteiger partial charge on any atom is 0.272 e. The number of thiazole rings is 1. The van der Waals surface area contributed by atoms with Crippen molar-refractivity contribution in [2.75, 3.05) is 5.32 Å². The molecule has 2 heterocycles. The molecule has 0 bridgehead atoms. The average molecular weight is 424 g/mol. The van der Waals surface area contributed by atoms with E-state index in [1.54, 1.807) is 36.6 Å². The third kappa shape index (κ3) is 3.53. The maximum atomic E-state index is 12.1. The molecule has 2 aromatic heterocycles. The Kier molecular flexibility index (Phi) is 4.74. The summed E-state index contributed by atoms with van der Waals surface area (Å²) in [5.41, 5.74) is 1.87. The van der Waals surface area contributed by atoms with E-state index in [1.165, 1.54) is 28.7 Å². The van der Waals surface area contributed by atoms with E-state index in [0.717, 1.165) is 3.79 Å². The van der Waals surface area contributed by atoms with Crippen molar-refractivity contribution in [1.29, 1.82) is 0 Å². The van der Waals surface area contributed by atoms with Crippen LogP contribution in [0, 0.1) is 17.0 Å². The Labute approximate surface area is 153 Å². The second-order valence-electron chi connectivity index (χ2n) is 4.85. The Morgan fingerprint density at radius 2 is 2.12 bits per heavy atom. The Morgan fingerprint density at radius 1 is 1.33 bits per heavy atom. The molecule has 6 nitrogen and oxygen atoms in total. The van der Waals surface area contributed by atoms with Gasteiger partial charge in [0, 0.05) is 22.6 Å². The van der Waals surface area contributed by atoms with Crippen LogP contribution in [0.25, 0.3) is 11.3 Å². The lowest BCUT2D eigenvalue weighted by Gasteiger charge is -2.01. The van der Waals surface area contributed by atoms with E-state index in [4.69, 9.17) is 0 Å². The van der Waals surface area contributed by atoms with Crippen LogP contribution in [0.5, 0.6) is 0 Å². The number of nitrogens with one attached hydrogen (secondary N) is 1. The van der Waals surface area contributed by atoms with Crippen molar-refractivity contribution in [3.05, 3.63) is 60.1 Å². The predicted octanol–water partition coefficient (Wildman–Crippen LogP) is 5.10. The summed E-state index contributed by atoms with van der Waals surface area (Å²) in [6.07, 6.45) is 0. The third-order valence-corrected chi connectivity index (χ3v) is 5.60. The van der Waals surface area contributed by atoms with E-state index < -0.39 is 4.92 Å². The number of aryl methyl sites for hydroxylation is 1. The van der Waals surface area contributed by atoms with Crippen molar-refractivity contribution < 1.29 is 9.72 Å². The Bertz CT molecular complexity index is 936. The van der Waals surface area contributed by atoms with Crippen molar-refractivity contribution in [3.63, 3.8) is 0 Å². The minimum absolute atomic E-state index is 0.0505. The molecule has 0 aliphatic carbocycles. The zero-order chi connectivity index (χ0) is 17.3. The summed E-state index contributed by atoms with van der Waals surface area (Å²) < 4.78 is 0.874. The lowest BCUT2D eigenvalue weighted by molar-refractivity contribution is -0.385. The van der Waals surface area contributed by atoms with E-state index in [0.29, 0.717) is 26.8 Å². The molecule has 3 rings (SSSR count). The monoisotopic (exact) mass is 423 g/mol. The SMILES string of the molecule is Cc1ccc(-c2csc(NC(=O)c3ccc(Br)s3)n2)cc1[N+](=O)[O-]. The van der Waals surface area contributed by atoms with Crippen molar-refractivity contribution in [1.82, 2.24) is 4.98 Å². The van der Waals surface area contributed by atoms with Crippen LogP contribution in [-0.4, -0.2) is 15.8 Å². The highest BCUT2D eigenvalue weighted by Gasteiger charge is 2.15. The largest absolute Gasteiger partial charge is 0.297 e. The number of anilines is 1. The molecule has 0 saturated heterocycles. The molecule has 0 spiro atoms. The van der Waals surface area contributed by atoms with Gasteiger partial charge in [-0.2, -0.15) is 0 Å². The van der Waals surface area contributed by atoms with Crippen LogP contribution in [0.2, 0.25) is 0 Å². The summed E-state index contributed by atoms with van der Waals surface area (Å²) in [4.78, 5) is 27.7. The fourth-order valence-electron chi connectivity index (χ4n) is 2.02. The zero-order valence-electron chi connectivity index (χ0n) is 12.3. The lowest BCUT2D eigenvalue weighted by atomic mass is 10.1. The number of nitrogens with zero attached hydrogens (tertiary/aromatic N) is 2. The fourth-order valence-corrected chi connectivity index (χ4v) is 4.02. The molecule has 1 N–H and O–H groups in total. The lowest BCUT2D eigenvalue weighted by Crippen LogP contribution is -2.09. The number of hydrogen-bond acceptors (Lipinski definition) is 6. The van der Waals surface area contributed by atoms with Crippen LogP contribution in [0.3, 0.4) is 0 Å². The number of nitro groups is 1. The van der Waals surface area contributed by atoms with Gasteiger partial charge in [0.2, 0.25) is 0 Å². The first-order valence-corrected chi connectivity index (χ1v) is 9.20. The molecule has 24 heavy (non-hydrogen) atoms. The molecule has 0 fully saturated rings. The maximum absolute atomic E-state index is 12.1. The number of carbonyl (C=O) groups excluding carboxylic acids is 1. The molecule has 0 atom stereocenters. The van der Waals surface area contributed by atoms with Gasteiger partial charge in [0.25, 0.3) is 11.6 Å². The summed E-state index contributed by atoms with van der Waals surface area (Å²) in [5.74, 6) is -0.235. The van der Waals surface area contributed by atoms with Gasteiger partial charge in [-0.3, -0.25) is 20.2 Å². The first-order chi connectivity index (χ1) is 11.4. The van der Waals surface area contributed by atoms with Gasteiger partial charge in [-0.15, -0.1) is 22.7 Å². The molecule has 0 saturated carbocycles. The molecule has 9 heteroatoms. The smallest absolute Gasteiger partial charge is 0.272 e. The highest BCUT2D eigenvalue weighted by molar-refractivity contribution is 9.11. The summed E-state index contributed by atoms with van der Waals surface area (Å²) in [7, 11) is 0. The van der Waals surface area contributed by atoms with E-state index in [2.05, 4.69) is 26.2 Å². The van der Waals surface area contributed by atoms with Crippen LogP contribution >= 0.6 is 38.6 Å². The molecule has 3 aromatic rings. The van der Waals surface area contributed by atoms with Gasteiger partial charge >= 0.3 is 0 Å². The first-order valence-electron chi connectivity index (χ1n) is 6.71. The summed E-state index contributed by atoms with van der Waals surface area (Å²) in [6, 6.07) is 8.49. The number of carbonyl (C=O) groups is 1. The first kappa shape index (κ1) is 16.7. The van der Waals surface area contributed by atoms with Gasteiger partial charge in [0.15, 0.2) is 5.13 Å². The number of aromatic nitrogens is 1. The predicted molar refractivity (Wildman–Crippen MR) is 98.9 cm³/mol.